The number of hydrogen-bond donors (Lipinski definition) is 2. The Hall–Kier alpha value is -2.04. The van der Waals surface area contributed by atoms with E-state index in [-0.39, 0.29) is 23.8 Å². The highest BCUT2D eigenvalue weighted by Gasteiger charge is 2.27. The van der Waals surface area contributed by atoms with Crippen LogP contribution in [0.4, 0.5) is 0 Å². The number of hydrogen-bond acceptors (Lipinski definition) is 3. The first kappa shape index (κ1) is 18.3. The summed E-state index contributed by atoms with van der Waals surface area (Å²) in [6.45, 7) is 8.01. The zero-order valence-electron chi connectivity index (χ0n) is 14.9. The number of ether oxygens (including phenoxy) is 1. The van der Waals surface area contributed by atoms with Crippen molar-refractivity contribution >= 4 is 11.9 Å². The molecule has 1 aromatic carbocycles. The predicted molar refractivity (Wildman–Crippen MR) is 92.2 cm³/mol. The second kappa shape index (κ2) is 7.24. The van der Waals surface area contributed by atoms with Crippen molar-refractivity contribution in [3.63, 3.8) is 0 Å². The molecule has 0 bridgehead atoms. The fraction of sp³-hybridized carbons (Fsp3) is 0.579. The SMILES string of the molecule is CC(C)CC(NC(=O)Cc1ccc2c(c1)CCC(C)(C)O2)C(=O)O. The van der Waals surface area contributed by atoms with Crippen molar-refractivity contribution in [2.24, 2.45) is 5.92 Å². The van der Waals surface area contributed by atoms with Gasteiger partial charge in [0.05, 0.1) is 6.42 Å². The first-order valence-corrected chi connectivity index (χ1v) is 8.49. The van der Waals surface area contributed by atoms with Crippen molar-refractivity contribution in [1.82, 2.24) is 5.32 Å². The van der Waals surface area contributed by atoms with E-state index in [0.717, 1.165) is 29.7 Å². The summed E-state index contributed by atoms with van der Waals surface area (Å²) in [5.74, 6) is -0.174. The first-order valence-electron chi connectivity index (χ1n) is 8.49. The van der Waals surface area contributed by atoms with E-state index in [4.69, 9.17) is 4.74 Å². The van der Waals surface area contributed by atoms with E-state index in [2.05, 4.69) is 19.2 Å². The van der Waals surface area contributed by atoms with Gasteiger partial charge in [-0.25, -0.2) is 4.79 Å². The van der Waals surface area contributed by atoms with Crippen LogP contribution in [0, 0.1) is 5.92 Å². The lowest BCUT2D eigenvalue weighted by atomic mass is 9.93. The number of aliphatic carboxylic acids is 1. The van der Waals surface area contributed by atoms with E-state index in [9.17, 15) is 14.7 Å². The van der Waals surface area contributed by atoms with Gasteiger partial charge in [0.1, 0.15) is 17.4 Å². The molecule has 0 aromatic heterocycles. The van der Waals surface area contributed by atoms with E-state index in [1.54, 1.807) is 0 Å². The number of fused-ring (bicyclic) bond motifs is 1. The number of carboxylic acids is 1. The summed E-state index contributed by atoms with van der Waals surface area (Å²) >= 11 is 0. The monoisotopic (exact) mass is 333 g/mol. The summed E-state index contributed by atoms with van der Waals surface area (Å²) in [4.78, 5) is 23.4. The van der Waals surface area contributed by atoms with Gasteiger partial charge in [0.2, 0.25) is 5.91 Å². The molecule has 5 heteroatoms. The maximum atomic E-state index is 12.2. The van der Waals surface area contributed by atoms with E-state index in [1.807, 2.05) is 32.0 Å². The normalized spacial score (nSPS) is 16.9. The molecule has 2 N–H and O–H groups in total. The van der Waals surface area contributed by atoms with Crippen LogP contribution in [0.25, 0.3) is 0 Å². The van der Waals surface area contributed by atoms with Crippen LogP contribution in [-0.4, -0.2) is 28.6 Å². The molecule has 2 rings (SSSR count). The maximum absolute atomic E-state index is 12.2. The fourth-order valence-electron chi connectivity index (χ4n) is 2.95. The molecule has 1 heterocycles. The molecule has 0 saturated carbocycles. The molecule has 1 aliphatic rings. The van der Waals surface area contributed by atoms with Gasteiger partial charge in [0, 0.05) is 0 Å². The van der Waals surface area contributed by atoms with Gasteiger partial charge in [-0.15, -0.1) is 0 Å². The Morgan fingerprint density at radius 3 is 2.67 bits per heavy atom. The second-order valence-corrected chi connectivity index (χ2v) is 7.57. The van der Waals surface area contributed by atoms with Gasteiger partial charge in [0.25, 0.3) is 0 Å². The Morgan fingerprint density at radius 2 is 2.04 bits per heavy atom. The number of carbonyl (C=O) groups excluding carboxylic acids is 1. The summed E-state index contributed by atoms with van der Waals surface area (Å²) in [6, 6.07) is 4.93. The van der Waals surface area contributed by atoms with Gasteiger partial charge in [-0.2, -0.15) is 0 Å². The van der Waals surface area contributed by atoms with Gasteiger partial charge in [0.15, 0.2) is 0 Å². The minimum Gasteiger partial charge on any atom is -0.488 e. The largest absolute Gasteiger partial charge is 0.488 e. The van der Waals surface area contributed by atoms with Gasteiger partial charge in [-0.05, 0) is 56.2 Å². The Morgan fingerprint density at radius 1 is 1.33 bits per heavy atom. The standard InChI is InChI=1S/C19H27NO4/c1-12(2)9-15(18(22)23)20-17(21)11-13-5-6-16-14(10-13)7-8-19(3,4)24-16/h5-6,10,12,15H,7-9,11H2,1-4H3,(H,20,21)(H,22,23). The van der Waals surface area contributed by atoms with Crippen LogP contribution in [0.1, 0.15) is 51.7 Å². The first-order chi connectivity index (χ1) is 11.2. The van der Waals surface area contributed by atoms with Crippen LogP contribution in [0.5, 0.6) is 5.75 Å². The third-order valence-electron chi connectivity index (χ3n) is 4.21. The summed E-state index contributed by atoms with van der Waals surface area (Å²) < 4.78 is 5.94. The molecule has 0 aliphatic carbocycles. The Bertz CT molecular complexity index is 622. The molecule has 1 aromatic rings. The summed E-state index contributed by atoms with van der Waals surface area (Å²) in [5, 5.41) is 11.8. The van der Waals surface area contributed by atoms with E-state index < -0.39 is 12.0 Å². The fourth-order valence-corrected chi connectivity index (χ4v) is 2.95. The van der Waals surface area contributed by atoms with Crippen LogP contribution in [0.3, 0.4) is 0 Å². The molecular formula is C19H27NO4. The van der Waals surface area contributed by atoms with Crippen LogP contribution in [-0.2, 0) is 22.4 Å². The third-order valence-corrected chi connectivity index (χ3v) is 4.21. The molecule has 1 atom stereocenters. The van der Waals surface area contributed by atoms with Crippen molar-refractivity contribution in [2.45, 2.75) is 65.0 Å². The lowest BCUT2D eigenvalue weighted by Crippen LogP contribution is -2.42. The second-order valence-electron chi connectivity index (χ2n) is 7.57. The molecule has 1 amide bonds. The Kier molecular flexibility index (Phi) is 5.52. The molecule has 0 radical (unpaired) electrons. The average Bonchev–Trinajstić information content (AvgIpc) is 2.45. The number of benzene rings is 1. The van der Waals surface area contributed by atoms with Crippen LogP contribution in [0.2, 0.25) is 0 Å². The number of rotatable bonds is 6. The predicted octanol–water partition coefficient (Wildman–Crippen LogP) is 2.95. The van der Waals surface area contributed by atoms with Crippen molar-refractivity contribution in [3.05, 3.63) is 29.3 Å². The smallest absolute Gasteiger partial charge is 0.326 e. The van der Waals surface area contributed by atoms with E-state index in [1.165, 1.54) is 0 Å². The highest BCUT2D eigenvalue weighted by atomic mass is 16.5. The molecule has 1 unspecified atom stereocenters. The summed E-state index contributed by atoms with van der Waals surface area (Å²) in [7, 11) is 0. The van der Waals surface area contributed by atoms with Crippen LogP contribution < -0.4 is 10.1 Å². The third kappa shape index (κ3) is 4.98. The zero-order valence-corrected chi connectivity index (χ0v) is 14.9. The minimum absolute atomic E-state index is 0.155. The summed E-state index contributed by atoms with van der Waals surface area (Å²) in [5.41, 5.74) is 1.83. The van der Waals surface area contributed by atoms with E-state index >= 15 is 0 Å². The number of amides is 1. The van der Waals surface area contributed by atoms with Crippen LogP contribution >= 0.6 is 0 Å². The highest BCUT2D eigenvalue weighted by molar-refractivity contribution is 5.84. The van der Waals surface area contributed by atoms with Gasteiger partial charge in [-0.1, -0.05) is 26.0 Å². The van der Waals surface area contributed by atoms with Crippen molar-refractivity contribution < 1.29 is 19.4 Å². The lowest BCUT2D eigenvalue weighted by molar-refractivity contribution is -0.142. The van der Waals surface area contributed by atoms with Crippen molar-refractivity contribution in [3.8, 4) is 5.75 Å². The topological polar surface area (TPSA) is 75.6 Å². The van der Waals surface area contributed by atoms with Crippen molar-refractivity contribution in [2.75, 3.05) is 0 Å². The lowest BCUT2D eigenvalue weighted by Gasteiger charge is -2.32. The Balaban J connectivity index is 2.01. The molecule has 0 fully saturated rings. The molecule has 0 spiro atoms. The molecule has 5 nitrogen and oxygen atoms in total. The average molecular weight is 333 g/mol. The number of nitrogens with one attached hydrogen (secondary N) is 1. The van der Waals surface area contributed by atoms with Gasteiger partial charge < -0.3 is 15.2 Å². The molecule has 132 valence electrons. The number of aryl methyl sites for hydroxylation is 1. The highest BCUT2D eigenvalue weighted by Crippen LogP contribution is 2.33. The zero-order chi connectivity index (χ0) is 17.9. The summed E-state index contributed by atoms with van der Waals surface area (Å²) in [6.07, 6.45) is 2.46. The quantitative estimate of drug-likeness (QED) is 0.839. The molecule has 0 saturated heterocycles. The van der Waals surface area contributed by atoms with Gasteiger partial charge >= 0.3 is 5.97 Å². The maximum Gasteiger partial charge on any atom is 0.326 e. The van der Waals surface area contributed by atoms with Crippen molar-refractivity contribution in [1.29, 1.82) is 0 Å². The van der Waals surface area contributed by atoms with Crippen LogP contribution in [0.15, 0.2) is 18.2 Å². The van der Waals surface area contributed by atoms with Gasteiger partial charge in [-0.3, -0.25) is 4.79 Å². The van der Waals surface area contributed by atoms with E-state index in [0.29, 0.717) is 6.42 Å². The minimum atomic E-state index is -0.988. The molecule has 1 aliphatic heterocycles. The molecule has 24 heavy (non-hydrogen) atoms. The number of carbonyl (C=O) groups is 2. The number of carboxylic acid groups (broad SMARTS) is 1. The molecular weight excluding hydrogens is 306 g/mol. The Labute approximate surface area is 143 Å².